The van der Waals surface area contributed by atoms with Crippen molar-refractivity contribution in [1.82, 2.24) is 10.2 Å². The Hall–Kier alpha value is -1.30. The van der Waals surface area contributed by atoms with Gasteiger partial charge in [0.1, 0.15) is 11.6 Å². The highest BCUT2D eigenvalue weighted by atomic mass is 16.6. The van der Waals surface area contributed by atoms with Gasteiger partial charge in [-0.15, -0.1) is 0 Å². The number of carbonyl (C=O) groups excluding carboxylic acids is 1. The fraction of sp³-hybridized carbons (Fsp3) is 0.846. The summed E-state index contributed by atoms with van der Waals surface area (Å²) in [5, 5.41) is 11.8. The Morgan fingerprint density at radius 2 is 1.95 bits per heavy atom. The Balaban J connectivity index is 3.89. The van der Waals surface area contributed by atoms with E-state index in [0.29, 0.717) is 25.9 Å². The predicted octanol–water partition coefficient (Wildman–Crippen LogP) is 1.70. The highest BCUT2D eigenvalue weighted by molar-refractivity contribution is 5.73. The smallest absolute Gasteiger partial charge is 0.410 e. The summed E-state index contributed by atoms with van der Waals surface area (Å²) in [5.74, 6) is -0.844. The Kier molecular flexibility index (Phi) is 7.44. The molecular weight excluding hydrogens is 248 g/mol. The van der Waals surface area contributed by atoms with E-state index in [1.165, 1.54) is 4.90 Å². The molecule has 1 amide bonds. The quantitative estimate of drug-likeness (QED) is 0.691. The molecule has 0 aromatic rings. The minimum atomic E-state index is -0.844. The van der Waals surface area contributed by atoms with Crippen LogP contribution in [0, 0.1) is 0 Å². The summed E-state index contributed by atoms with van der Waals surface area (Å²) >= 11 is 0. The normalized spacial score (nSPS) is 12.9. The van der Waals surface area contributed by atoms with Gasteiger partial charge in [0, 0.05) is 13.6 Å². The van der Waals surface area contributed by atoms with Crippen molar-refractivity contribution in [3.05, 3.63) is 0 Å². The van der Waals surface area contributed by atoms with E-state index in [0.717, 1.165) is 0 Å². The van der Waals surface area contributed by atoms with Gasteiger partial charge in [0.25, 0.3) is 0 Å². The number of aliphatic carboxylic acids is 1. The van der Waals surface area contributed by atoms with Crippen molar-refractivity contribution in [2.75, 3.05) is 20.1 Å². The van der Waals surface area contributed by atoms with Crippen LogP contribution in [0.25, 0.3) is 0 Å². The molecule has 0 saturated carbocycles. The lowest BCUT2D eigenvalue weighted by atomic mass is 10.2. The largest absolute Gasteiger partial charge is 0.480 e. The van der Waals surface area contributed by atoms with E-state index in [1.54, 1.807) is 7.05 Å². The van der Waals surface area contributed by atoms with Crippen molar-refractivity contribution in [3.8, 4) is 0 Å². The Bertz CT molecular complexity index is 300. The molecule has 6 nitrogen and oxygen atoms in total. The number of carboxylic acid groups (broad SMARTS) is 1. The fourth-order valence-electron chi connectivity index (χ4n) is 1.43. The molecule has 1 atom stereocenters. The van der Waals surface area contributed by atoms with Gasteiger partial charge in [0.2, 0.25) is 0 Å². The van der Waals surface area contributed by atoms with Crippen molar-refractivity contribution in [2.45, 2.75) is 52.2 Å². The van der Waals surface area contributed by atoms with E-state index in [4.69, 9.17) is 9.84 Å². The zero-order valence-electron chi connectivity index (χ0n) is 12.5. The number of amides is 1. The van der Waals surface area contributed by atoms with Gasteiger partial charge in [-0.25, -0.2) is 4.79 Å². The minimum Gasteiger partial charge on any atom is -0.480 e. The molecule has 0 fully saturated rings. The fourth-order valence-corrected chi connectivity index (χ4v) is 1.43. The second-order valence-electron chi connectivity index (χ2n) is 5.51. The maximum Gasteiger partial charge on any atom is 0.410 e. The maximum atomic E-state index is 11.6. The van der Waals surface area contributed by atoms with Gasteiger partial charge < -0.3 is 20.1 Å². The molecular formula is C13H26N2O4. The monoisotopic (exact) mass is 274 g/mol. The molecule has 0 heterocycles. The molecule has 0 aliphatic heterocycles. The van der Waals surface area contributed by atoms with E-state index in [-0.39, 0.29) is 6.09 Å². The van der Waals surface area contributed by atoms with Gasteiger partial charge in [0.05, 0.1) is 0 Å². The summed E-state index contributed by atoms with van der Waals surface area (Å²) in [5.41, 5.74) is -0.500. The average molecular weight is 274 g/mol. The molecule has 0 aromatic carbocycles. The van der Waals surface area contributed by atoms with Crippen LogP contribution in [-0.2, 0) is 9.53 Å². The van der Waals surface area contributed by atoms with Crippen LogP contribution in [0.1, 0.15) is 40.5 Å². The van der Waals surface area contributed by atoms with Crippen LogP contribution in [0.5, 0.6) is 0 Å². The zero-order valence-corrected chi connectivity index (χ0v) is 12.5. The van der Waals surface area contributed by atoms with Crippen LogP contribution in [0.15, 0.2) is 0 Å². The van der Waals surface area contributed by atoms with Gasteiger partial charge in [-0.1, -0.05) is 6.92 Å². The van der Waals surface area contributed by atoms with Crippen molar-refractivity contribution in [3.63, 3.8) is 0 Å². The molecule has 2 N–H and O–H groups in total. The molecule has 0 rings (SSSR count). The minimum absolute atomic E-state index is 0.363. The van der Waals surface area contributed by atoms with Crippen LogP contribution in [0.4, 0.5) is 4.79 Å². The molecule has 0 saturated heterocycles. The second-order valence-corrected chi connectivity index (χ2v) is 5.51. The third-order valence-electron chi connectivity index (χ3n) is 2.47. The van der Waals surface area contributed by atoms with Gasteiger partial charge in [-0.3, -0.25) is 4.79 Å². The Morgan fingerprint density at radius 3 is 2.37 bits per heavy atom. The highest BCUT2D eigenvalue weighted by Crippen LogP contribution is 2.09. The van der Waals surface area contributed by atoms with Gasteiger partial charge >= 0.3 is 12.1 Å². The van der Waals surface area contributed by atoms with Crippen LogP contribution in [0.2, 0.25) is 0 Å². The number of carboxylic acids is 1. The molecule has 0 aliphatic rings. The summed E-state index contributed by atoms with van der Waals surface area (Å²) in [6, 6.07) is -0.521. The Morgan fingerprint density at radius 1 is 1.37 bits per heavy atom. The van der Waals surface area contributed by atoms with Gasteiger partial charge in [-0.05, 0) is 40.2 Å². The number of hydrogen-bond acceptors (Lipinski definition) is 4. The summed E-state index contributed by atoms with van der Waals surface area (Å²) in [4.78, 5) is 23.9. The molecule has 0 spiro atoms. The van der Waals surface area contributed by atoms with Crippen LogP contribution >= 0.6 is 0 Å². The molecule has 0 aromatic heterocycles. The van der Waals surface area contributed by atoms with E-state index < -0.39 is 17.6 Å². The number of rotatable bonds is 7. The first-order valence-electron chi connectivity index (χ1n) is 6.57. The number of nitrogens with one attached hydrogen (secondary N) is 1. The third kappa shape index (κ3) is 8.42. The molecule has 112 valence electrons. The van der Waals surface area contributed by atoms with E-state index in [1.807, 2.05) is 27.7 Å². The molecule has 0 bridgehead atoms. The molecule has 1 unspecified atom stereocenters. The number of hydrogen-bond donors (Lipinski definition) is 2. The summed E-state index contributed by atoms with van der Waals surface area (Å²) in [6.45, 7) is 8.35. The van der Waals surface area contributed by atoms with Crippen molar-refractivity contribution >= 4 is 12.1 Å². The van der Waals surface area contributed by atoms with E-state index in [2.05, 4.69) is 5.32 Å². The Labute approximate surface area is 115 Å². The first-order chi connectivity index (χ1) is 8.67. The molecule has 6 heteroatoms. The highest BCUT2D eigenvalue weighted by Gasteiger charge is 2.19. The van der Waals surface area contributed by atoms with Crippen molar-refractivity contribution < 1.29 is 19.4 Å². The second kappa shape index (κ2) is 7.99. The number of ether oxygens (including phenoxy) is 1. The van der Waals surface area contributed by atoms with Gasteiger partial charge in [-0.2, -0.15) is 0 Å². The third-order valence-corrected chi connectivity index (χ3v) is 2.47. The molecule has 19 heavy (non-hydrogen) atoms. The summed E-state index contributed by atoms with van der Waals surface area (Å²) in [7, 11) is 1.67. The van der Waals surface area contributed by atoms with Crippen molar-refractivity contribution in [2.24, 2.45) is 0 Å². The standard InChI is InChI=1S/C13H26N2O4/c1-6-10(11(16)17)14-8-7-9-15(5)12(18)19-13(2,3)4/h10,14H,6-9H2,1-5H3,(H,16,17). The average Bonchev–Trinajstić information content (AvgIpc) is 2.25. The van der Waals surface area contributed by atoms with Crippen molar-refractivity contribution in [1.29, 1.82) is 0 Å². The molecule has 0 aliphatic carbocycles. The summed E-state index contributed by atoms with van der Waals surface area (Å²) in [6.07, 6.45) is 0.856. The lowest BCUT2D eigenvalue weighted by Crippen LogP contribution is -2.39. The van der Waals surface area contributed by atoms with Crippen LogP contribution in [-0.4, -0.2) is 53.8 Å². The lowest BCUT2D eigenvalue weighted by molar-refractivity contribution is -0.139. The lowest BCUT2D eigenvalue weighted by Gasteiger charge is -2.24. The number of carbonyl (C=O) groups is 2. The zero-order chi connectivity index (χ0) is 15.1. The molecule has 0 radical (unpaired) electrons. The van der Waals surface area contributed by atoms with E-state index >= 15 is 0 Å². The van der Waals surface area contributed by atoms with Crippen LogP contribution in [0.3, 0.4) is 0 Å². The topological polar surface area (TPSA) is 78.9 Å². The summed E-state index contributed by atoms with van der Waals surface area (Å²) < 4.78 is 5.21. The predicted molar refractivity (Wildman–Crippen MR) is 73.2 cm³/mol. The number of nitrogens with zero attached hydrogens (tertiary/aromatic N) is 1. The SMILES string of the molecule is CCC(NCCCN(C)C(=O)OC(C)(C)C)C(=O)O. The maximum absolute atomic E-state index is 11.6. The van der Waals surface area contributed by atoms with Crippen LogP contribution < -0.4 is 5.32 Å². The first-order valence-corrected chi connectivity index (χ1v) is 6.57. The first kappa shape index (κ1) is 17.7. The van der Waals surface area contributed by atoms with Gasteiger partial charge in [0.15, 0.2) is 0 Å². The van der Waals surface area contributed by atoms with E-state index in [9.17, 15) is 9.59 Å².